The van der Waals surface area contributed by atoms with Gasteiger partial charge in [0.15, 0.2) is 0 Å². The van der Waals surface area contributed by atoms with Gasteiger partial charge in [-0.25, -0.2) is 0 Å². The maximum absolute atomic E-state index is 12.4. The molecular formula is C14H17F3N2. The number of nitrogens with one attached hydrogen (secondary N) is 1. The number of benzene rings is 1. The first kappa shape index (κ1) is 15.5. The number of hydrogen-bond acceptors (Lipinski definition) is 2. The van der Waals surface area contributed by atoms with E-state index in [4.69, 9.17) is 12.3 Å². The van der Waals surface area contributed by atoms with Gasteiger partial charge in [0, 0.05) is 12.5 Å². The molecule has 5 heteroatoms. The molecule has 104 valence electrons. The van der Waals surface area contributed by atoms with Crippen LogP contribution in [0.1, 0.15) is 30.4 Å². The van der Waals surface area contributed by atoms with Gasteiger partial charge in [0.05, 0.1) is 5.56 Å². The van der Waals surface area contributed by atoms with E-state index in [1.807, 2.05) is 0 Å². The molecule has 0 saturated carbocycles. The van der Waals surface area contributed by atoms with E-state index >= 15 is 0 Å². The zero-order chi connectivity index (χ0) is 14.3. The van der Waals surface area contributed by atoms with E-state index in [1.54, 1.807) is 0 Å². The Hall–Kier alpha value is -1.51. The topological polar surface area (TPSA) is 38.0 Å². The van der Waals surface area contributed by atoms with E-state index in [0.717, 1.165) is 30.5 Å². The number of terminal acetylenes is 1. The minimum absolute atomic E-state index is 0.0186. The van der Waals surface area contributed by atoms with Gasteiger partial charge in [0.2, 0.25) is 0 Å². The average Bonchev–Trinajstić information content (AvgIpc) is 2.37. The Morgan fingerprint density at radius 1 is 1.26 bits per heavy atom. The summed E-state index contributed by atoms with van der Waals surface area (Å²) in [6.07, 6.45) is 3.75. The van der Waals surface area contributed by atoms with Gasteiger partial charge >= 0.3 is 6.18 Å². The molecule has 1 aromatic rings. The minimum Gasteiger partial charge on any atom is -0.271 e. The Morgan fingerprint density at radius 3 is 2.37 bits per heavy atom. The molecule has 0 aliphatic rings. The lowest BCUT2D eigenvalue weighted by atomic mass is 10.0. The fourth-order valence-corrected chi connectivity index (χ4v) is 1.81. The van der Waals surface area contributed by atoms with Crippen molar-refractivity contribution in [2.45, 2.75) is 37.9 Å². The molecule has 0 saturated heterocycles. The van der Waals surface area contributed by atoms with Crippen molar-refractivity contribution < 1.29 is 13.2 Å². The first-order chi connectivity index (χ1) is 8.97. The highest BCUT2D eigenvalue weighted by atomic mass is 19.4. The number of rotatable bonds is 6. The van der Waals surface area contributed by atoms with Crippen LogP contribution < -0.4 is 11.3 Å². The molecule has 1 unspecified atom stereocenters. The van der Waals surface area contributed by atoms with Crippen LogP contribution in [-0.2, 0) is 12.6 Å². The minimum atomic E-state index is -4.29. The van der Waals surface area contributed by atoms with Gasteiger partial charge in [-0.1, -0.05) is 12.1 Å². The van der Waals surface area contributed by atoms with Crippen molar-refractivity contribution in [3.8, 4) is 12.3 Å². The highest BCUT2D eigenvalue weighted by Gasteiger charge is 2.29. The molecule has 0 spiro atoms. The molecule has 0 amide bonds. The van der Waals surface area contributed by atoms with Gasteiger partial charge in [0.25, 0.3) is 0 Å². The summed E-state index contributed by atoms with van der Waals surface area (Å²) in [5.74, 6) is 7.96. The monoisotopic (exact) mass is 270 g/mol. The Bertz CT molecular complexity index is 418. The van der Waals surface area contributed by atoms with Crippen LogP contribution in [0.4, 0.5) is 13.2 Å². The Kier molecular flexibility index (Phi) is 5.87. The number of unbranched alkanes of at least 4 members (excludes halogenated alkanes) is 1. The molecule has 1 aromatic carbocycles. The predicted octanol–water partition coefficient (Wildman–Crippen LogP) is 2.88. The van der Waals surface area contributed by atoms with Gasteiger partial charge < -0.3 is 0 Å². The molecule has 1 atom stereocenters. The van der Waals surface area contributed by atoms with Crippen molar-refractivity contribution in [2.75, 3.05) is 0 Å². The van der Waals surface area contributed by atoms with Crippen LogP contribution in [0.15, 0.2) is 24.3 Å². The highest BCUT2D eigenvalue weighted by Crippen LogP contribution is 2.29. The standard InChI is InChI=1S/C14H17F3N2/c1-2-3-4-5-13(19-18)10-11-6-8-12(9-7-11)14(15,16)17/h1,6-9,13,19H,3-5,10,18H2. The zero-order valence-corrected chi connectivity index (χ0v) is 10.5. The molecule has 0 aliphatic carbocycles. The quantitative estimate of drug-likeness (QED) is 0.361. The van der Waals surface area contributed by atoms with Crippen molar-refractivity contribution in [3.05, 3.63) is 35.4 Å². The van der Waals surface area contributed by atoms with Gasteiger partial charge in [-0.2, -0.15) is 13.2 Å². The van der Waals surface area contributed by atoms with Crippen LogP contribution in [0.25, 0.3) is 0 Å². The Balaban J connectivity index is 2.58. The molecule has 0 heterocycles. The number of alkyl halides is 3. The summed E-state index contributed by atoms with van der Waals surface area (Å²) in [4.78, 5) is 0. The normalized spacial score (nSPS) is 13.0. The first-order valence-electron chi connectivity index (χ1n) is 6.03. The molecule has 3 N–H and O–H groups in total. The molecule has 19 heavy (non-hydrogen) atoms. The second-order valence-electron chi connectivity index (χ2n) is 4.36. The summed E-state index contributed by atoms with van der Waals surface area (Å²) in [6, 6.07) is 5.15. The van der Waals surface area contributed by atoms with E-state index in [0.29, 0.717) is 12.8 Å². The Labute approximate surface area is 111 Å². The van der Waals surface area contributed by atoms with Crippen LogP contribution in [0.5, 0.6) is 0 Å². The van der Waals surface area contributed by atoms with Crippen LogP contribution in [0.2, 0.25) is 0 Å². The zero-order valence-electron chi connectivity index (χ0n) is 10.5. The average molecular weight is 270 g/mol. The maximum Gasteiger partial charge on any atom is 0.416 e. The molecule has 2 nitrogen and oxygen atoms in total. The summed E-state index contributed by atoms with van der Waals surface area (Å²) in [5.41, 5.74) is 2.84. The van der Waals surface area contributed by atoms with Crippen molar-refractivity contribution in [3.63, 3.8) is 0 Å². The second kappa shape index (κ2) is 7.17. The Morgan fingerprint density at radius 2 is 1.89 bits per heavy atom. The number of halogens is 3. The summed E-state index contributed by atoms with van der Waals surface area (Å²) < 4.78 is 37.2. The number of hydrogen-bond donors (Lipinski definition) is 2. The molecule has 0 aliphatic heterocycles. The largest absolute Gasteiger partial charge is 0.416 e. The molecule has 0 bridgehead atoms. The van der Waals surface area contributed by atoms with Crippen LogP contribution in [-0.4, -0.2) is 6.04 Å². The third kappa shape index (κ3) is 5.33. The van der Waals surface area contributed by atoms with E-state index < -0.39 is 11.7 Å². The van der Waals surface area contributed by atoms with E-state index in [1.165, 1.54) is 12.1 Å². The lowest BCUT2D eigenvalue weighted by Gasteiger charge is -2.15. The van der Waals surface area contributed by atoms with Gasteiger partial charge in [-0.05, 0) is 37.0 Å². The van der Waals surface area contributed by atoms with Crippen molar-refractivity contribution in [1.82, 2.24) is 5.43 Å². The first-order valence-corrected chi connectivity index (χ1v) is 6.03. The van der Waals surface area contributed by atoms with Crippen LogP contribution >= 0.6 is 0 Å². The number of hydrazine groups is 1. The summed E-state index contributed by atoms with van der Waals surface area (Å²) in [5, 5.41) is 0. The van der Waals surface area contributed by atoms with Gasteiger partial charge in [-0.15, -0.1) is 12.3 Å². The summed E-state index contributed by atoms with van der Waals surface area (Å²) >= 11 is 0. The SMILES string of the molecule is C#CCCCC(Cc1ccc(C(F)(F)F)cc1)NN. The summed E-state index contributed by atoms with van der Waals surface area (Å²) in [7, 11) is 0. The third-order valence-electron chi connectivity index (χ3n) is 2.87. The summed E-state index contributed by atoms with van der Waals surface area (Å²) in [6.45, 7) is 0. The molecular weight excluding hydrogens is 253 g/mol. The second-order valence-corrected chi connectivity index (χ2v) is 4.36. The van der Waals surface area contributed by atoms with E-state index in [2.05, 4.69) is 11.3 Å². The van der Waals surface area contributed by atoms with Gasteiger partial charge in [-0.3, -0.25) is 11.3 Å². The molecule has 1 rings (SSSR count). The molecule has 0 fully saturated rings. The third-order valence-corrected chi connectivity index (χ3v) is 2.87. The van der Waals surface area contributed by atoms with Gasteiger partial charge in [0.1, 0.15) is 0 Å². The lowest BCUT2D eigenvalue weighted by Crippen LogP contribution is -2.36. The highest BCUT2D eigenvalue weighted by molar-refractivity contribution is 5.25. The predicted molar refractivity (Wildman–Crippen MR) is 68.9 cm³/mol. The molecule has 0 radical (unpaired) electrons. The van der Waals surface area contributed by atoms with Crippen molar-refractivity contribution in [2.24, 2.45) is 5.84 Å². The van der Waals surface area contributed by atoms with Crippen molar-refractivity contribution >= 4 is 0 Å². The van der Waals surface area contributed by atoms with Crippen molar-refractivity contribution in [1.29, 1.82) is 0 Å². The van der Waals surface area contributed by atoms with E-state index in [-0.39, 0.29) is 6.04 Å². The fourth-order valence-electron chi connectivity index (χ4n) is 1.81. The molecule has 0 aromatic heterocycles. The maximum atomic E-state index is 12.4. The number of nitrogens with two attached hydrogens (primary N) is 1. The lowest BCUT2D eigenvalue weighted by molar-refractivity contribution is -0.137. The fraction of sp³-hybridized carbons (Fsp3) is 0.429. The van der Waals surface area contributed by atoms with Crippen LogP contribution in [0.3, 0.4) is 0 Å². The smallest absolute Gasteiger partial charge is 0.271 e. The van der Waals surface area contributed by atoms with E-state index in [9.17, 15) is 13.2 Å². The van der Waals surface area contributed by atoms with Crippen LogP contribution in [0, 0.1) is 12.3 Å².